The molecule has 2 unspecified atom stereocenters. The first-order chi connectivity index (χ1) is 11.8. The third kappa shape index (κ3) is 3.89. The predicted octanol–water partition coefficient (Wildman–Crippen LogP) is 5.92. The molecule has 1 heteroatoms. The Morgan fingerprint density at radius 2 is 1.50 bits per heavy atom. The van der Waals surface area contributed by atoms with Gasteiger partial charge in [0, 0.05) is 6.54 Å². The second-order valence-corrected chi connectivity index (χ2v) is 7.22. The number of likely N-dealkylation sites (tertiary alicyclic amines) is 1. The van der Waals surface area contributed by atoms with E-state index in [0.29, 0.717) is 6.04 Å². The highest BCUT2D eigenvalue weighted by molar-refractivity contribution is 5.32. The monoisotopic (exact) mass is 321 g/mol. The lowest BCUT2D eigenvalue weighted by Crippen LogP contribution is -2.28. The van der Waals surface area contributed by atoms with E-state index in [-0.39, 0.29) is 0 Å². The van der Waals surface area contributed by atoms with Crippen molar-refractivity contribution in [1.82, 2.24) is 4.90 Å². The summed E-state index contributed by atoms with van der Waals surface area (Å²) >= 11 is 0. The molecule has 2 atom stereocenters. The van der Waals surface area contributed by atoms with Gasteiger partial charge in [0.2, 0.25) is 0 Å². The minimum atomic E-state index is 0.400. The van der Waals surface area contributed by atoms with Gasteiger partial charge in [0.1, 0.15) is 0 Å². The first kappa shape index (κ1) is 17.2. The molecule has 0 saturated carbocycles. The van der Waals surface area contributed by atoms with E-state index in [0.717, 1.165) is 11.8 Å². The van der Waals surface area contributed by atoms with Gasteiger partial charge in [-0.25, -0.2) is 0 Å². The Kier molecular flexibility index (Phi) is 6.09. The highest BCUT2D eigenvalue weighted by Gasteiger charge is 2.33. The van der Waals surface area contributed by atoms with Crippen molar-refractivity contribution in [2.24, 2.45) is 11.8 Å². The molecule has 0 aliphatic carbocycles. The standard InChI is InChI=1S/C23H31N/c1-3-11-19(4-2)22-16-17-24(18-22)23(20-12-7-5-8-13-20)21-14-9-6-10-15-21/h5-10,12-15,19,22-23H,3-4,11,16-18H2,1-2H3. The second kappa shape index (κ2) is 8.48. The molecule has 3 rings (SSSR count). The lowest BCUT2D eigenvalue weighted by molar-refractivity contribution is 0.240. The fourth-order valence-corrected chi connectivity index (χ4v) is 4.46. The molecule has 24 heavy (non-hydrogen) atoms. The van der Waals surface area contributed by atoms with E-state index >= 15 is 0 Å². The fraction of sp³-hybridized carbons (Fsp3) is 0.478. The molecule has 1 saturated heterocycles. The first-order valence-corrected chi connectivity index (χ1v) is 9.67. The van der Waals surface area contributed by atoms with E-state index in [4.69, 9.17) is 0 Å². The summed E-state index contributed by atoms with van der Waals surface area (Å²) in [6.45, 7) is 7.16. The van der Waals surface area contributed by atoms with Gasteiger partial charge in [0.05, 0.1) is 6.04 Å². The average Bonchev–Trinajstić information content (AvgIpc) is 3.11. The van der Waals surface area contributed by atoms with E-state index in [1.807, 2.05) is 0 Å². The van der Waals surface area contributed by atoms with Crippen LogP contribution in [0.5, 0.6) is 0 Å². The summed E-state index contributed by atoms with van der Waals surface area (Å²) in [7, 11) is 0. The Labute approximate surface area is 147 Å². The highest BCUT2D eigenvalue weighted by atomic mass is 15.2. The molecule has 2 aromatic carbocycles. The second-order valence-electron chi connectivity index (χ2n) is 7.22. The van der Waals surface area contributed by atoms with Crippen LogP contribution >= 0.6 is 0 Å². The average molecular weight is 322 g/mol. The molecular formula is C23H31N. The van der Waals surface area contributed by atoms with Gasteiger partial charge in [-0.05, 0) is 35.9 Å². The zero-order valence-electron chi connectivity index (χ0n) is 15.2. The molecule has 1 aliphatic heterocycles. The maximum absolute atomic E-state index is 2.72. The Morgan fingerprint density at radius 1 is 0.917 bits per heavy atom. The van der Waals surface area contributed by atoms with Crippen LogP contribution in [0.2, 0.25) is 0 Å². The van der Waals surface area contributed by atoms with Crippen LogP contribution in [0.3, 0.4) is 0 Å². The van der Waals surface area contributed by atoms with Crippen LogP contribution in [0.25, 0.3) is 0 Å². The van der Waals surface area contributed by atoms with Crippen molar-refractivity contribution in [2.45, 2.75) is 45.6 Å². The predicted molar refractivity (Wildman–Crippen MR) is 103 cm³/mol. The molecule has 0 radical (unpaired) electrons. The Balaban J connectivity index is 1.83. The summed E-state index contributed by atoms with van der Waals surface area (Å²) in [5.41, 5.74) is 2.85. The molecule has 1 aliphatic rings. The minimum absolute atomic E-state index is 0.400. The molecule has 1 heterocycles. The largest absolute Gasteiger partial charge is 0.292 e. The van der Waals surface area contributed by atoms with Crippen molar-refractivity contribution in [1.29, 1.82) is 0 Å². The van der Waals surface area contributed by atoms with Crippen molar-refractivity contribution in [3.63, 3.8) is 0 Å². The maximum Gasteiger partial charge on any atom is 0.0601 e. The highest BCUT2D eigenvalue weighted by Crippen LogP contribution is 2.37. The molecule has 0 bridgehead atoms. The summed E-state index contributed by atoms with van der Waals surface area (Å²) in [5, 5.41) is 0. The van der Waals surface area contributed by atoms with Gasteiger partial charge in [-0.1, -0.05) is 93.8 Å². The Morgan fingerprint density at radius 3 is 2.00 bits per heavy atom. The lowest BCUT2D eigenvalue weighted by Gasteiger charge is -2.30. The number of nitrogens with zero attached hydrogens (tertiary/aromatic N) is 1. The van der Waals surface area contributed by atoms with Crippen LogP contribution in [0.4, 0.5) is 0 Å². The van der Waals surface area contributed by atoms with E-state index < -0.39 is 0 Å². The van der Waals surface area contributed by atoms with Crippen LogP contribution in [0.1, 0.15) is 56.7 Å². The fourth-order valence-electron chi connectivity index (χ4n) is 4.46. The van der Waals surface area contributed by atoms with Crippen molar-refractivity contribution in [2.75, 3.05) is 13.1 Å². The van der Waals surface area contributed by atoms with Gasteiger partial charge < -0.3 is 0 Å². The van der Waals surface area contributed by atoms with Crippen LogP contribution in [-0.2, 0) is 0 Å². The van der Waals surface area contributed by atoms with Gasteiger partial charge in [-0.3, -0.25) is 4.90 Å². The quantitative estimate of drug-likeness (QED) is 0.611. The summed E-state index contributed by atoms with van der Waals surface area (Å²) in [5.74, 6) is 1.76. The summed E-state index contributed by atoms with van der Waals surface area (Å²) in [4.78, 5) is 2.72. The van der Waals surface area contributed by atoms with Crippen LogP contribution in [0.15, 0.2) is 60.7 Å². The van der Waals surface area contributed by atoms with Crippen molar-refractivity contribution < 1.29 is 0 Å². The maximum atomic E-state index is 2.72. The normalized spacial score (nSPS) is 19.7. The van der Waals surface area contributed by atoms with Crippen LogP contribution in [0, 0.1) is 11.8 Å². The van der Waals surface area contributed by atoms with E-state index in [1.54, 1.807) is 0 Å². The van der Waals surface area contributed by atoms with Crippen LogP contribution in [-0.4, -0.2) is 18.0 Å². The van der Waals surface area contributed by atoms with Gasteiger partial charge in [0.25, 0.3) is 0 Å². The van der Waals surface area contributed by atoms with Crippen LogP contribution < -0.4 is 0 Å². The summed E-state index contributed by atoms with van der Waals surface area (Å²) < 4.78 is 0. The molecular weight excluding hydrogens is 290 g/mol. The topological polar surface area (TPSA) is 3.24 Å². The molecule has 2 aromatic rings. The molecule has 0 amide bonds. The first-order valence-electron chi connectivity index (χ1n) is 9.67. The minimum Gasteiger partial charge on any atom is -0.292 e. The summed E-state index contributed by atoms with van der Waals surface area (Å²) in [6, 6.07) is 22.5. The van der Waals surface area contributed by atoms with E-state index in [9.17, 15) is 0 Å². The lowest BCUT2D eigenvalue weighted by atomic mass is 9.86. The van der Waals surface area contributed by atoms with Gasteiger partial charge >= 0.3 is 0 Å². The zero-order valence-corrected chi connectivity index (χ0v) is 15.2. The van der Waals surface area contributed by atoms with Gasteiger partial charge in [-0.2, -0.15) is 0 Å². The zero-order chi connectivity index (χ0) is 16.8. The van der Waals surface area contributed by atoms with Crippen molar-refractivity contribution >= 4 is 0 Å². The smallest absolute Gasteiger partial charge is 0.0601 e. The van der Waals surface area contributed by atoms with Crippen molar-refractivity contribution in [3.05, 3.63) is 71.8 Å². The number of benzene rings is 2. The Bertz CT molecular complexity index is 552. The third-order valence-electron chi connectivity index (χ3n) is 5.70. The molecule has 0 aromatic heterocycles. The summed E-state index contributed by atoms with van der Waals surface area (Å²) in [6.07, 6.45) is 5.38. The van der Waals surface area contributed by atoms with E-state index in [1.165, 1.54) is 49.9 Å². The molecule has 128 valence electrons. The molecule has 0 N–H and O–H groups in total. The van der Waals surface area contributed by atoms with Gasteiger partial charge in [0.15, 0.2) is 0 Å². The number of rotatable bonds is 7. The number of hydrogen-bond donors (Lipinski definition) is 0. The third-order valence-corrected chi connectivity index (χ3v) is 5.70. The van der Waals surface area contributed by atoms with Gasteiger partial charge in [-0.15, -0.1) is 0 Å². The van der Waals surface area contributed by atoms with Crippen molar-refractivity contribution in [3.8, 4) is 0 Å². The molecule has 1 nitrogen and oxygen atoms in total. The molecule has 0 spiro atoms. The molecule has 1 fully saturated rings. The number of hydrogen-bond acceptors (Lipinski definition) is 1. The van der Waals surface area contributed by atoms with E-state index in [2.05, 4.69) is 79.4 Å². The SMILES string of the molecule is CCCC(CC)C1CCN(C(c2ccccc2)c2ccccc2)C1. The Hall–Kier alpha value is -1.60.